The Morgan fingerprint density at radius 3 is 2.57 bits per heavy atom. The predicted molar refractivity (Wildman–Crippen MR) is 61.9 cm³/mol. The van der Waals surface area contributed by atoms with Crippen LogP contribution in [0, 0.1) is 0 Å². The SMILES string of the molecule is N[C@@H](CSc1ccccc1)[C@H](O)CCl. The molecule has 0 saturated heterocycles. The topological polar surface area (TPSA) is 46.2 Å². The van der Waals surface area contributed by atoms with Gasteiger partial charge in [0.1, 0.15) is 0 Å². The van der Waals surface area contributed by atoms with Gasteiger partial charge in [0.05, 0.1) is 6.10 Å². The van der Waals surface area contributed by atoms with E-state index < -0.39 is 6.10 Å². The maximum atomic E-state index is 9.33. The molecule has 14 heavy (non-hydrogen) atoms. The zero-order valence-corrected chi connectivity index (χ0v) is 9.34. The number of hydrogen-bond acceptors (Lipinski definition) is 3. The average molecular weight is 232 g/mol. The second-order valence-electron chi connectivity index (χ2n) is 3.01. The Labute approximate surface area is 93.5 Å². The standard InChI is InChI=1S/C10H14ClNOS/c11-6-10(13)9(12)7-14-8-4-2-1-3-5-8/h1-5,9-10,13H,6-7,12H2/t9-,10+/m0/s1. The van der Waals surface area contributed by atoms with Gasteiger partial charge in [-0.1, -0.05) is 18.2 Å². The summed E-state index contributed by atoms with van der Waals surface area (Å²) in [6, 6.07) is 9.70. The molecule has 2 atom stereocenters. The van der Waals surface area contributed by atoms with Gasteiger partial charge in [-0.2, -0.15) is 0 Å². The van der Waals surface area contributed by atoms with E-state index in [9.17, 15) is 5.11 Å². The average Bonchev–Trinajstić information content (AvgIpc) is 2.26. The number of halogens is 1. The monoisotopic (exact) mass is 231 g/mol. The summed E-state index contributed by atoms with van der Waals surface area (Å²) in [7, 11) is 0. The van der Waals surface area contributed by atoms with Crippen molar-refractivity contribution in [2.45, 2.75) is 17.0 Å². The molecule has 0 fully saturated rings. The van der Waals surface area contributed by atoms with Crippen LogP contribution >= 0.6 is 23.4 Å². The molecule has 0 radical (unpaired) electrons. The second kappa shape index (κ2) is 6.30. The fraction of sp³-hybridized carbons (Fsp3) is 0.400. The number of aliphatic hydroxyl groups is 1. The fourth-order valence-electron chi connectivity index (χ4n) is 0.935. The molecule has 0 amide bonds. The third-order valence-electron chi connectivity index (χ3n) is 1.84. The lowest BCUT2D eigenvalue weighted by Gasteiger charge is -2.15. The zero-order chi connectivity index (χ0) is 10.4. The number of aliphatic hydroxyl groups excluding tert-OH is 1. The summed E-state index contributed by atoms with van der Waals surface area (Å²) < 4.78 is 0. The van der Waals surface area contributed by atoms with E-state index in [0.29, 0.717) is 5.75 Å². The van der Waals surface area contributed by atoms with E-state index in [4.69, 9.17) is 17.3 Å². The quantitative estimate of drug-likeness (QED) is 0.599. The highest BCUT2D eigenvalue weighted by molar-refractivity contribution is 7.99. The number of rotatable bonds is 5. The van der Waals surface area contributed by atoms with Gasteiger partial charge < -0.3 is 10.8 Å². The van der Waals surface area contributed by atoms with Crippen LogP contribution in [0.1, 0.15) is 0 Å². The minimum atomic E-state index is -0.618. The maximum absolute atomic E-state index is 9.33. The van der Waals surface area contributed by atoms with E-state index in [2.05, 4.69) is 0 Å². The van der Waals surface area contributed by atoms with E-state index in [1.807, 2.05) is 30.3 Å². The second-order valence-corrected chi connectivity index (χ2v) is 4.41. The summed E-state index contributed by atoms with van der Waals surface area (Å²) in [6.07, 6.45) is -0.618. The maximum Gasteiger partial charge on any atom is 0.0834 e. The minimum Gasteiger partial charge on any atom is -0.390 e. The van der Waals surface area contributed by atoms with Crippen LogP contribution in [0.4, 0.5) is 0 Å². The molecular formula is C10H14ClNOS. The summed E-state index contributed by atoms with van der Waals surface area (Å²) in [4.78, 5) is 1.16. The number of nitrogens with two attached hydrogens (primary N) is 1. The first-order chi connectivity index (χ1) is 6.74. The van der Waals surface area contributed by atoms with Gasteiger partial charge in [0.25, 0.3) is 0 Å². The van der Waals surface area contributed by atoms with Crippen LogP contribution in [0.2, 0.25) is 0 Å². The Morgan fingerprint density at radius 2 is 2.00 bits per heavy atom. The van der Waals surface area contributed by atoms with Crippen molar-refractivity contribution in [1.82, 2.24) is 0 Å². The van der Waals surface area contributed by atoms with Crippen molar-refractivity contribution in [2.75, 3.05) is 11.6 Å². The largest absolute Gasteiger partial charge is 0.390 e. The van der Waals surface area contributed by atoms with Gasteiger partial charge >= 0.3 is 0 Å². The van der Waals surface area contributed by atoms with E-state index in [0.717, 1.165) is 4.90 Å². The van der Waals surface area contributed by atoms with Gasteiger partial charge in [-0.05, 0) is 12.1 Å². The van der Waals surface area contributed by atoms with Crippen molar-refractivity contribution < 1.29 is 5.11 Å². The van der Waals surface area contributed by atoms with Crippen molar-refractivity contribution in [2.24, 2.45) is 5.73 Å². The summed E-state index contributed by atoms with van der Waals surface area (Å²) in [6.45, 7) is 0. The van der Waals surface area contributed by atoms with Crippen LogP contribution in [0.15, 0.2) is 35.2 Å². The van der Waals surface area contributed by atoms with Crippen molar-refractivity contribution in [3.63, 3.8) is 0 Å². The first kappa shape index (κ1) is 11.9. The van der Waals surface area contributed by atoms with Gasteiger partial charge in [-0.3, -0.25) is 0 Å². The first-order valence-electron chi connectivity index (χ1n) is 4.41. The summed E-state index contributed by atoms with van der Waals surface area (Å²) in [5.41, 5.74) is 5.72. The third kappa shape index (κ3) is 3.88. The van der Waals surface area contributed by atoms with Crippen molar-refractivity contribution in [3.8, 4) is 0 Å². The van der Waals surface area contributed by atoms with Gasteiger partial charge in [-0.25, -0.2) is 0 Å². The molecule has 1 aromatic rings. The molecule has 2 nitrogen and oxygen atoms in total. The summed E-state index contributed by atoms with van der Waals surface area (Å²) in [5.74, 6) is 0.869. The Kier molecular flexibility index (Phi) is 5.33. The lowest BCUT2D eigenvalue weighted by atomic mass is 10.2. The molecule has 0 unspecified atom stereocenters. The molecule has 0 aromatic heterocycles. The van der Waals surface area contributed by atoms with Crippen LogP contribution in [-0.2, 0) is 0 Å². The van der Waals surface area contributed by atoms with Gasteiger partial charge in [-0.15, -0.1) is 23.4 Å². The minimum absolute atomic E-state index is 0.191. The molecule has 78 valence electrons. The van der Waals surface area contributed by atoms with E-state index in [1.54, 1.807) is 11.8 Å². The summed E-state index contributed by atoms with van der Waals surface area (Å²) in [5, 5.41) is 9.33. The number of alkyl halides is 1. The highest BCUT2D eigenvalue weighted by Gasteiger charge is 2.13. The number of thioether (sulfide) groups is 1. The Balaban J connectivity index is 2.34. The highest BCUT2D eigenvalue weighted by Crippen LogP contribution is 2.18. The summed E-state index contributed by atoms with van der Waals surface area (Å²) >= 11 is 7.12. The van der Waals surface area contributed by atoms with Gasteiger partial charge in [0.2, 0.25) is 0 Å². The Hall–Kier alpha value is -0.220. The normalized spacial score (nSPS) is 15.1. The molecule has 1 rings (SSSR count). The van der Waals surface area contributed by atoms with Crippen molar-refractivity contribution in [1.29, 1.82) is 0 Å². The molecule has 0 heterocycles. The van der Waals surface area contributed by atoms with E-state index >= 15 is 0 Å². The molecule has 1 aromatic carbocycles. The molecular weight excluding hydrogens is 218 g/mol. The highest BCUT2D eigenvalue weighted by atomic mass is 35.5. The fourth-order valence-corrected chi connectivity index (χ4v) is 2.12. The first-order valence-corrected chi connectivity index (χ1v) is 5.93. The lowest BCUT2D eigenvalue weighted by molar-refractivity contribution is 0.175. The van der Waals surface area contributed by atoms with Crippen LogP contribution in [0.5, 0.6) is 0 Å². The number of hydrogen-bond donors (Lipinski definition) is 2. The number of benzene rings is 1. The van der Waals surface area contributed by atoms with Gasteiger partial charge in [0, 0.05) is 22.6 Å². The molecule has 0 spiro atoms. The van der Waals surface area contributed by atoms with Crippen LogP contribution in [0.3, 0.4) is 0 Å². The Bertz CT molecular complexity index is 258. The molecule has 0 bridgehead atoms. The van der Waals surface area contributed by atoms with Gasteiger partial charge in [0.15, 0.2) is 0 Å². The van der Waals surface area contributed by atoms with Crippen LogP contribution in [-0.4, -0.2) is 28.9 Å². The molecule has 3 N–H and O–H groups in total. The lowest BCUT2D eigenvalue weighted by Crippen LogP contribution is -2.37. The zero-order valence-electron chi connectivity index (χ0n) is 7.77. The van der Waals surface area contributed by atoms with Crippen LogP contribution < -0.4 is 5.73 Å². The molecule has 0 aliphatic carbocycles. The van der Waals surface area contributed by atoms with E-state index in [-0.39, 0.29) is 11.9 Å². The van der Waals surface area contributed by atoms with E-state index in [1.165, 1.54) is 0 Å². The molecule has 4 heteroatoms. The van der Waals surface area contributed by atoms with Crippen molar-refractivity contribution in [3.05, 3.63) is 30.3 Å². The molecule has 0 aliphatic heterocycles. The van der Waals surface area contributed by atoms with Crippen molar-refractivity contribution >= 4 is 23.4 Å². The van der Waals surface area contributed by atoms with Crippen LogP contribution in [0.25, 0.3) is 0 Å². The smallest absolute Gasteiger partial charge is 0.0834 e. The third-order valence-corrected chi connectivity index (χ3v) is 3.31. The predicted octanol–water partition coefficient (Wildman–Crippen LogP) is 1.71. The molecule has 0 saturated carbocycles. The Morgan fingerprint density at radius 1 is 1.36 bits per heavy atom. The molecule has 0 aliphatic rings.